The molecular weight excluding hydrogens is 168 g/mol. The number of carboxylic acid groups (broad SMARTS) is 1. The number of aromatic amines is 1. The molecule has 1 aromatic heterocycles. The molecule has 70 valence electrons. The minimum absolute atomic E-state index is 0.253. The van der Waals surface area contributed by atoms with Gasteiger partial charge in [-0.1, -0.05) is 0 Å². The van der Waals surface area contributed by atoms with Crippen LogP contribution in [0.5, 0.6) is 0 Å². The fourth-order valence-electron chi connectivity index (χ4n) is 1.97. The van der Waals surface area contributed by atoms with E-state index in [9.17, 15) is 4.79 Å². The van der Waals surface area contributed by atoms with Gasteiger partial charge in [-0.3, -0.25) is 9.89 Å². The number of carbonyl (C=O) groups is 1. The highest BCUT2D eigenvalue weighted by atomic mass is 16.4. The van der Waals surface area contributed by atoms with Gasteiger partial charge < -0.3 is 5.11 Å². The summed E-state index contributed by atoms with van der Waals surface area (Å²) < 4.78 is 0. The molecule has 1 unspecified atom stereocenters. The zero-order valence-corrected chi connectivity index (χ0v) is 7.50. The van der Waals surface area contributed by atoms with Crippen LogP contribution in [-0.4, -0.2) is 21.3 Å². The summed E-state index contributed by atoms with van der Waals surface area (Å²) >= 11 is 0. The van der Waals surface area contributed by atoms with E-state index in [-0.39, 0.29) is 12.3 Å². The van der Waals surface area contributed by atoms with Crippen LogP contribution >= 0.6 is 0 Å². The van der Waals surface area contributed by atoms with Crippen LogP contribution in [0.25, 0.3) is 0 Å². The van der Waals surface area contributed by atoms with Crippen molar-refractivity contribution in [1.29, 1.82) is 0 Å². The lowest BCUT2D eigenvalue weighted by Gasteiger charge is -2.03. The second-order valence-corrected chi connectivity index (χ2v) is 3.65. The average molecular weight is 180 g/mol. The first-order valence-corrected chi connectivity index (χ1v) is 4.41. The first kappa shape index (κ1) is 8.29. The van der Waals surface area contributed by atoms with Crippen molar-refractivity contribution in [3.05, 3.63) is 17.0 Å². The molecule has 4 heteroatoms. The van der Waals surface area contributed by atoms with Gasteiger partial charge in [-0.05, 0) is 31.2 Å². The highest BCUT2D eigenvalue weighted by Gasteiger charge is 2.26. The van der Waals surface area contributed by atoms with Gasteiger partial charge in [-0.25, -0.2) is 0 Å². The third kappa shape index (κ3) is 1.43. The van der Waals surface area contributed by atoms with Gasteiger partial charge in [0, 0.05) is 12.1 Å². The Balaban J connectivity index is 2.10. The van der Waals surface area contributed by atoms with Crippen molar-refractivity contribution in [3.8, 4) is 0 Å². The van der Waals surface area contributed by atoms with Gasteiger partial charge in [0.2, 0.25) is 0 Å². The van der Waals surface area contributed by atoms with E-state index in [2.05, 4.69) is 10.2 Å². The second-order valence-electron chi connectivity index (χ2n) is 3.65. The topological polar surface area (TPSA) is 66.0 Å². The quantitative estimate of drug-likeness (QED) is 0.710. The predicted molar refractivity (Wildman–Crippen MR) is 46.5 cm³/mol. The molecule has 0 spiro atoms. The summed E-state index contributed by atoms with van der Waals surface area (Å²) in [4.78, 5) is 10.5. The number of fused-ring (bicyclic) bond motifs is 1. The van der Waals surface area contributed by atoms with Crippen molar-refractivity contribution >= 4 is 5.97 Å². The van der Waals surface area contributed by atoms with Gasteiger partial charge in [-0.15, -0.1) is 0 Å². The maximum absolute atomic E-state index is 10.5. The number of aryl methyl sites for hydroxylation is 1. The molecule has 1 aromatic rings. The number of nitrogens with one attached hydrogen (secondary N) is 1. The van der Waals surface area contributed by atoms with Crippen molar-refractivity contribution < 1.29 is 9.90 Å². The predicted octanol–water partition coefficient (Wildman–Crippen LogP) is 0.908. The lowest BCUT2D eigenvalue weighted by Crippen LogP contribution is -2.08. The van der Waals surface area contributed by atoms with Gasteiger partial charge in [0.1, 0.15) is 0 Å². The van der Waals surface area contributed by atoms with Crippen molar-refractivity contribution in [2.45, 2.75) is 26.2 Å². The van der Waals surface area contributed by atoms with Crippen LogP contribution in [0, 0.1) is 12.8 Å². The number of H-pyrrole nitrogens is 1. The Labute approximate surface area is 76.0 Å². The molecule has 1 aliphatic rings. The molecule has 0 aromatic carbocycles. The molecule has 0 saturated carbocycles. The number of hydrogen-bond acceptors (Lipinski definition) is 2. The molecule has 13 heavy (non-hydrogen) atoms. The van der Waals surface area contributed by atoms with E-state index in [1.807, 2.05) is 6.92 Å². The number of hydrogen-bond donors (Lipinski definition) is 2. The van der Waals surface area contributed by atoms with Crippen LogP contribution in [0.2, 0.25) is 0 Å². The maximum atomic E-state index is 10.5. The number of nitrogens with zero attached hydrogens (tertiary/aromatic N) is 1. The molecule has 2 N–H and O–H groups in total. The van der Waals surface area contributed by atoms with E-state index in [0.717, 1.165) is 24.2 Å². The molecule has 2 rings (SSSR count). The molecule has 0 amide bonds. The van der Waals surface area contributed by atoms with E-state index in [1.165, 1.54) is 5.56 Å². The normalized spacial score (nSPS) is 20.2. The van der Waals surface area contributed by atoms with Crippen LogP contribution in [0.15, 0.2) is 0 Å². The van der Waals surface area contributed by atoms with Crippen LogP contribution in [0.3, 0.4) is 0 Å². The Morgan fingerprint density at radius 1 is 1.69 bits per heavy atom. The molecule has 1 atom stereocenters. The highest BCUT2D eigenvalue weighted by Crippen LogP contribution is 2.28. The summed E-state index contributed by atoms with van der Waals surface area (Å²) in [6.45, 7) is 1.98. The molecule has 0 aliphatic heterocycles. The van der Waals surface area contributed by atoms with Crippen LogP contribution in [0.4, 0.5) is 0 Å². The first-order chi connectivity index (χ1) is 6.16. The van der Waals surface area contributed by atoms with E-state index < -0.39 is 5.97 Å². The minimum atomic E-state index is -0.711. The number of carboxylic acids is 1. The number of aliphatic carboxylic acids is 1. The monoisotopic (exact) mass is 180 g/mol. The van der Waals surface area contributed by atoms with Crippen molar-refractivity contribution in [1.82, 2.24) is 10.2 Å². The summed E-state index contributed by atoms with van der Waals surface area (Å²) in [7, 11) is 0. The van der Waals surface area contributed by atoms with Crippen molar-refractivity contribution in [3.63, 3.8) is 0 Å². The van der Waals surface area contributed by atoms with E-state index in [0.29, 0.717) is 0 Å². The summed E-state index contributed by atoms with van der Waals surface area (Å²) in [6, 6.07) is 0. The summed E-state index contributed by atoms with van der Waals surface area (Å²) in [5, 5.41) is 15.7. The summed E-state index contributed by atoms with van der Waals surface area (Å²) in [5.74, 6) is -0.458. The van der Waals surface area contributed by atoms with Crippen LogP contribution in [0.1, 0.15) is 23.4 Å². The molecule has 1 heterocycles. The summed E-state index contributed by atoms with van der Waals surface area (Å²) in [5.41, 5.74) is 3.37. The molecular formula is C9H12N2O2. The van der Waals surface area contributed by atoms with E-state index in [4.69, 9.17) is 5.11 Å². The molecule has 1 aliphatic carbocycles. The van der Waals surface area contributed by atoms with E-state index >= 15 is 0 Å². The standard InChI is InChI=1S/C9H12N2O2/c1-5-7-2-6(4-9(12)13)3-8(7)11-10-5/h6H,2-4H2,1H3,(H,10,11)(H,12,13). The second kappa shape index (κ2) is 2.87. The SMILES string of the molecule is Cc1[nH]nc2c1CC(CC(=O)O)C2. The summed E-state index contributed by atoms with van der Waals surface area (Å²) in [6.07, 6.45) is 1.94. The zero-order chi connectivity index (χ0) is 9.42. The Kier molecular flexibility index (Phi) is 1.83. The van der Waals surface area contributed by atoms with Gasteiger partial charge in [0.15, 0.2) is 0 Å². The first-order valence-electron chi connectivity index (χ1n) is 4.41. The smallest absolute Gasteiger partial charge is 0.303 e. The molecule has 0 bridgehead atoms. The third-order valence-corrected chi connectivity index (χ3v) is 2.60. The van der Waals surface area contributed by atoms with Crippen molar-refractivity contribution in [2.24, 2.45) is 5.92 Å². The van der Waals surface area contributed by atoms with Crippen molar-refractivity contribution in [2.75, 3.05) is 0 Å². The fourth-order valence-corrected chi connectivity index (χ4v) is 1.97. The molecule has 0 saturated heterocycles. The van der Waals surface area contributed by atoms with Gasteiger partial charge in [-0.2, -0.15) is 5.10 Å². The third-order valence-electron chi connectivity index (χ3n) is 2.60. The van der Waals surface area contributed by atoms with Gasteiger partial charge >= 0.3 is 5.97 Å². The van der Waals surface area contributed by atoms with Crippen LogP contribution < -0.4 is 0 Å². The molecule has 0 fully saturated rings. The highest BCUT2D eigenvalue weighted by molar-refractivity contribution is 5.67. The molecule has 0 radical (unpaired) electrons. The fraction of sp³-hybridized carbons (Fsp3) is 0.556. The molecule has 4 nitrogen and oxygen atoms in total. The Bertz CT molecular complexity index is 343. The van der Waals surface area contributed by atoms with Gasteiger partial charge in [0.25, 0.3) is 0 Å². The Hall–Kier alpha value is -1.32. The average Bonchev–Trinajstić information content (AvgIpc) is 2.53. The van der Waals surface area contributed by atoms with Crippen LogP contribution in [-0.2, 0) is 17.6 Å². The zero-order valence-electron chi connectivity index (χ0n) is 7.50. The lowest BCUT2D eigenvalue weighted by molar-refractivity contribution is -0.138. The Morgan fingerprint density at radius 3 is 3.08 bits per heavy atom. The minimum Gasteiger partial charge on any atom is -0.481 e. The Morgan fingerprint density at radius 2 is 2.46 bits per heavy atom. The largest absolute Gasteiger partial charge is 0.481 e. The van der Waals surface area contributed by atoms with Gasteiger partial charge in [0.05, 0.1) is 5.69 Å². The number of rotatable bonds is 2. The van der Waals surface area contributed by atoms with E-state index in [1.54, 1.807) is 0 Å². The lowest BCUT2D eigenvalue weighted by atomic mass is 10.0. The maximum Gasteiger partial charge on any atom is 0.303 e. The number of aromatic nitrogens is 2.